The molecular formula is C12H15N3O4S. The number of anilines is 1. The van der Waals surface area contributed by atoms with Gasteiger partial charge in [0.15, 0.2) is 0 Å². The highest BCUT2D eigenvalue weighted by Crippen LogP contribution is 2.28. The van der Waals surface area contributed by atoms with Crippen molar-refractivity contribution in [3.8, 4) is 0 Å². The molecule has 0 atom stereocenters. The minimum Gasteiger partial charge on any atom is -0.481 e. The fraction of sp³-hybridized carbons (Fsp3) is 0.333. The first-order valence-electron chi connectivity index (χ1n) is 6.01. The molecule has 8 heteroatoms. The number of fused-ring (bicyclic) bond motifs is 1. The molecular weight excluding hydrogens is 282 g/mol. The Labute approximate surface area is 116 Å². The molecule has 0 aromatic heterocycles. The maximum absolute atomic E-state index is 12.0. The van der Waals surface area contributed by atoms with Gasteiger partial charge >= 0.3 is 5.97 Å². The van der Waals surface area contributed by atoms with E-state index in [1.165, 1.54) is 18.2 Å². The second-order valence-electron chi connectivity index (χ2n) is 4.74. The average molecular weight is 297 g/mol. The van der Waals surface area contributed by atoms with E-state index in [1.807, 2.05) is 13.8 Å². The van der Waals surface area contributed by atoms with Crippen LogP contribution in [0.1, 0.15) is 19.4 Å². The van der Waals surface area contributed by atoms with Crippen LogP contribution in [0.3, 0.4) is 0 Å². The number of carboxylic acids is 1. The van der Waals surface area contributed by atoms with Crippen LogP contribution in [-0.4, -0.2) is 31.5 Å². The van der Waals surface area contributed by atoms with Crippen molar-refractivity contribution in [1.29, 1.82) is 0 Å². The molecule has 1 aliphatic rings. The van der Waals surface area contributed by atoms with Gasteiger partial charge in [-0.05, 0) is 31.5 Å². The average Bonchev–Trinajstić information content (AvgIpc) is 2.25. The number of carboxylic acid groups (broad SMARTS) is 1. The van der Waals surface area contributed by atoms with Gasteiger partial charge in [-0.2, -0.15) is 8.42 Å². The number of carbonyl (C=O) groups is 1. The molecule has 0 spiro atoms. The summed E-state index contributed by atoms with van der Waals surface area (Å²) in [6.45, 7) is 3.71. The molecule has 0 aliphatic carbocycles. The van der Waals surface area contributed by atoms with Gasteiger partial charge in [-0.3, -0.25) is 4.79 Å². The van der Waals surface area contributed by atoms with E-state index in [0.717, 1.165) is 0 Å². The molecule has 20 heavy (non-hydrogen) atoms. The number of sulfonamides is 1. The van der Waals surface area contributed by atoms with Crippen LogP contribution in [0.25, 0.3) is 0 Å². The van der Waals surface area contributed by atoms with Crippen LogP contribution < -0.4 is 10.6 Å². The van der Waals surface area contributed by atoms with E-state index in [1.54, 1.807) is 0 Å². The van der Waals surface area contributed by atoms with Gasteiger partial charge in [0.25, 0.3) is 10.0 Å². The fourth-order valence-corrected chi connectivity index (χ4v) is 2.90. The summed E-state index contributed by atoms with van der Waals surface area (Å²) in [7, 11) is -3.77. The molecule has 1 aliphatic heterocycles. The summed E-state index contributed by atoms with van der Waals surface area (Å²) in [4.78, 5) is 10.7. The van der Waals surface area contributed by atoms with Gasteiger partial charge < -0.3 is 15.7 Å². The zero-order chi connectivity index (χ0) is 14.9. The predicted molar refractivity (Wildman–Crippen MR) is 74.3 cm³/mol. The predicted octanol–water partition coefficient (Wildman–Crippen LogP) is 0.782. The molecule has 0 unspecified atom stereocenters. The summed E-state index contributed by atoms with van der Waals surface area (Å²) >= 11 is 0. The number of rotatable bonds is 3. The molecule has 1 aromatic rings. The topological polar surface area (TPSA) is 108 Å². The zero-order valence-electron chi connectivity index (χ0n) is 11.0. The number of hydrogen-bond acceptors (Lipinski definition) is 5. The molecule has 3 N–H and O–H groups in total. The van der Waals surface area contributed by atoms with Crippen LogP contribution in [0.5, 0.6) is 0 Å². The number of nitrogens with one attached hydrogen (secondary N) is 2. The van der Waals surface area contributed by atoms with Crippen molar-refractivity contribution >= 4 is 27.6 Å². The van der Waals surface area contributed by atoms with Gasteiger partial charge in [-0.1, -0.05) is 6.07 Å². The first-order chi connectivity index (χ1) is 9.28. The molecule has 2 rings (SSSR count). The van der Waals surface area contributed by atoms with Crippen LogP contribution in [-0.2, 0) is 21.2 Å². The molecule has 0 bridgehead atoms. The Morgan fingerprint density at radius 3 is 2.75 bits per heavy atom. The molecule has 0 saturated carbocycles. The van der Waals surface area contributed by atoms with E-state index in [9.17, 15) is 13.2 Å². The van der Waals surface area contributed by atoms with Crippen LogP contribution in [0.15, 0.2) is 27.5 Å². The Balaban J connectivity index is 2.40. The summed E-state index contributed by atoms with van der Waals surface area (Å²) in [5.74, 6) is -0.835. The Morgan fingerprint density at radius 1 is 1.45 bits per heavy atom. The standard InChI is InChI=1S/C12H15N3O4S/c1-7(2)13-12-14-9-5-8(6-11(16)17)3-4-10(9)20(18,19)15-12/h3-5,7H,6H2,1-2H3,(H,16,17)(H2,13,14,15). The largest absolute Gasteiger partial charge is 0.481 e. The molecule has 7 nitrogen and oxygen atoms in total. The highest BCUT2D eigenvalue weighted by molar-refractivity contribution is 7.90. The molecule has 0 radical (unpaired) electrons. The summed E-state index contributed by atoms with van der Waals surface area (Å²) in [6.07, 6.45) is -0.168. The van der Waals surface area contributed by atoms with Gasteiger partial charge in [-0.25, -0.2) is 0 Å². The minimum atomic E-state index is -3.77. The molecule has 108 valence electrons. The Morgan fingerprint density at radius 2 is 2.15 bits per heavy atom. The third-order valence-corrected chi connectivity index (χ3v) is 3.90. The number of aliphatic carboxylic acids is 1. The Hall–Kier alpha value is -2.09. The van der Waals surface area contributed by atoms with E-state index in [2.05, 4.69) is 15.0 Å². The van der Waals surface area contributed by atoms with Crippen LogP contribution in [0.2, 0.25) is 0 Å². The molecule has 1 aromatic carbocycles. The van der Waals surface area contributed by atoms with Gasteiger partial charge in [0, 0.05) is 6.04 Å². The van der Waals surface area contributed by atoms with E-state index in [4.69, 9.17) is 5.11 Å². The first kappa shape index (κ1) is 14.3. The number of nitrogens with zero attached hydrogens (tertiary/aromatic N) is 1. The number of hydrogen-bond donors (Lipinski definition) is 3. The van der Waals surface area contributed by atoms with Crippen molar-refractivity contribution in [3.05, 3.63) is 23.8 Å². The van der Waals surface area contributed by atoms with Crippen molar-refractivity contribution in [2.45, 2.75) is 31.2 Å². The van der Waals surface area contributed by atoms with E-state index in [0.29, 0.717) is 11.3 Å². The quantitative estimate of drug-likeness (QED) is 0.761. The van der Waals surface area contributed by atoms with Gasteiger partial charge in [0.05, 0.1) is 12.1 Å². The minimum absolute atomic E-state index is 0.0141. The number of guanidine groups is 1. The molecule has 0 fully saturated rings. The van der Waals surface area contributed by atoms with Crippen LogP contribution >= 0.6 is 0 Å². The molecule has 1 heterocycles. The van der Waals surface area contributed by atoms with Crippen molar-refractivity contribution in [3.63, 3.8) is 0 Å². The first-order valence-corrected chi connectivity index (χ1v) is 7.45. The highest BCUT2D eigenvalue weighted by atomic mass is 32.2. The third kappa shape index (κ3) is 3.08. The summed E-state index contributed by atoms with van der Waals surface area (Å²) in [5, 5.41) is 14.5. The summed E-state index contributed by atoms with van der Waals surface area (Å²) in [6, 6.07) is 4.37. The highest BCUT2D eigenvalue weighted by Gasteiger charge is 2.25. The van der Waals surface area contributed by atoms with E-state index < -0.39 is 16.0 Å². The molecule has 0 saturated heterocycles. The summed E-state index contributed by atoms with van der Waals surface area (Å²) in [5.41, 5.74) is 0.853. The Kier molecular flexibility index (Phi) is 3.67. The zero-order valence-corrected chi connectivity index (χ0v) is 11.9. The van der Waals surface area contributed by atoms with Gasteiger partial charge in [0.2, 0.25) is 5.96 Å². The lowest BCUT2D eigenvalue weighted by atomic mass is 10.1. The normalized spacial score (nSPS) is 16.1. The second-order valence-corrected chi connectivity index (χ2v) is 6.31. The smallest absolute Gasteiger partial charge is 0.307 e. The van der Waals surface area contributed by atoms with E-state index >= 15 is 0 Å². The maximum atomic E-state index is 12.0. The fourth-order valence-electron chi connectivity index (χ4n) is 1.84. The number of benzene rings is 1. The SMILES string of the molecule is CC(C)NC1=NS(=O)(=O)c2ccc(CC(=O)O)cc2N1. The van der Waals surface area contributed by atoms with Gasteiger partial charge in [0.1, 0.15) is 4.90 Å². The van der Waals surface area contributed by atoms with Crippen molar-refractivity contribution in [1.82, 2.24) is 5.32 Å². The van der Waals surface area contributed by atoms with Crippen LogP contribution in [0, 0.1) is 0 Å². The Bertz CT molecular complexity index is 680. The van der Waals surface area contributed by atoms with Crippen LogP contribution in [0.4, 0.5) is 5.69 Å². The van der Waals surface area contributed by atoms with Gasteiger partial charge in [-0.15, -0.1) is 4.40 Å². The second kappa shape index (κ2) is 5.12. The molecule has 0 amide bonds. The lowest BCUT2D eigenvalue weighted by Gasteiger charge is -2.21. The van der Waals surface area contributed by atoms with E-state index in [-0.39, 0.29) is 23.3 Å². The van der Waals surface area contributed by atoms with Crippen molar-refractivity contribution in [2.24, 2.45) is 4.40 Å². The lowest BCUT2D eigenvalue weighted by Crippen LogP contribution is -2.38. The maximum Gasteiger partial charge on any atom is 0.307 e. The van der Waals surface area contributed by atoms with Crippen molar-refractivity contribution < 1.29 is 18.3 Å². The lowest BCUT2D eigenvalue weighted by molar-refractivity contribution is -0.136. The third-order valence-electron chi connectivity index (χ3n) is 2.57. The summed E-state index contributed by atoms with van der Waals surface area (Å²) < 4.78 is 27.7. The van der Waals surface area contributed by atoms with Crippen molar-refractivity contribution in [2.75, 3.05) is 5.32 Å². The monoisotopic (exact) mass is 297 g/mol.